The zero-order valence-corrected chi connectivity index (χ0v) is 16.8. The summed E-state index contributed by atoms with van der Waals surface area (Å²) in [7, 11) is 0. The van der Waals surface area contributed by atoms with Gasteiger partial charge in [-0.25, -0.2) is 9.97 Å². The molecule has 1 aliphatic rings. The molecule has 154 valence electrons. The monoisotopic (exact) mass is 421 g/mol. The number of Topliss-reactive ketones (excluding diaryl/α,β-unsaturated/α-hetero) is 1. The molecule has 0 radical (unpaired) electrons. The van der Waals surface area contributed by atoms with Crippen molar-refractivity contribution < 1.29 is 19.0 Å². The molecular formula is C25H17N4O3+. The van der Waals surface area contributed by atoms with Gasteiger partial charge in [0.15, 0.2) is 12.4 Å². The average molecular weight is 421 g/mol. The van der Waals surface area contributed by atoms with E-state index in [0.29, 0.717) is 0 Å². The van der Waals surface area contributed by atoms with Crippen molar-refractivity contribution in [3.05, 3.63) is 96.2 Å². The van der Waals surface area contributed by atoms with Crippen molar-refractivity contribution in [3.8, 4) is 22.5 Å². The number of hydrogen-bond acceptors (Lipinski definition) is 4. The Kier molecular flexibility index (Phi) is 4.01. The van der Waals surface area contributed by atoms with E-state index >= 15 is 0 Å². The van der Waals surface area contributed by atoms with Crippen LogP contribution in [0.5, 0.6) is 0 Å². The minimum absolute atomic E-state index is 0.224. The van der Waals surface area contributed by atoms with E-state index in [4.69, 9.17) is 9.40 Å². The normalized spacial score (nSPS) is 14.2. The zero-order chi connectivity index (χ0) is 21.7. The highest BCUT2D eigenvalue weighted by Crippen LogP contribution is 2.47. The molecule has 3 aromatic heterocycles. The van der Waals surface area contributed by atoms with Gasteiger partial charge in [0.2, 0.25) is 0 Å². The quantitative estimate of drug-likeness (QED) is 0.341. The second-order valence-corrected chi connectivity index (χ2v) is 7.63. The van der Waals surface area contributed by atoms with Crippen LogP contribution in [0.3, 0.4) is 0 Å². The van der Waals surface area contributed by atoms with Crippen LogP contribution in [-0.2, 0) is 4.79 Å². The number of carbonyl (C=O) groups is 2. The van der Waals surface area contributed by atoms with Gasteiger partial charge in [-0.3, -0.25) is 9.59 Å². The number of fused-ring (bicyclic) bond motifs is 4. The van der Waals surface area contributed by atoms with Crippen molar-refractivity contribution in [3.63, 3.8) is 0 Å². The summed E-state index contributed by atoms with van der Waals surface area (Å²) in [4.78, 5) is 36.5. The minimum atomic E-state index is -0.677. The number of furan rings is 1. The number of ketones is 1. The number of pyridine rings is 1. The third kappa shape index (κ3) is 2.75. The molecule has 6 rings (SSSR count). The van der Waals surface area contributed by atoms with Crippen molar-refractivity contribution in [2.45, 2.75) is 6.04 Å². The fraction of sp³-hybridized carbons (Fsp3) is 0.0400. The van der Waals surface area contributed by atoms with Gasteiger partial charge in [0.1, 0.15) is 23.1 Å². The number of nitrogens with zero attached hydrogens (tertiary/aromatic N) is 1. The number of hydrogen-bond donors (Lipinski definition) is 2. The highest BCUT2D eigenvalue weighted by Gasteiger charge is 2.33. The fourth-order valence-corrected chi connectivity index (χ4v) is 4.35. The summed E-state index contributed by atoms with van der Waals surface area (Å²) in [6.07, 6.45) is 6.35. The smallest absolute Gasteiger partial charge is 0.293 e. The molecule has 3 N–H and O–H groups in total. The maximum atomic E-state index is 12.8. The number of H-pyrrole nitrogens is 2. The van der Waals surface area contributed by atoms with Gasteiger partial charge >= 0.3 is 0 Å². The lowest BCUT2D eigenvalue weighted by atomic mass is 9.98. The summed E-state index contributed by atoms with van der Waals surface area (Å²) in [6.45, 7) is 0. The van der Waals surface area contributed by atoms with Gasteiger partial charge in [0.25, 0.3) is 11.7 Å². The van der Waals surface area contributed by atoms with Crippen LogP contribution >= 0.6 is 0 Å². The first-order chi connectivity index (χ1) is 15.7. The predicted octanol–water partition coefficient (Wildman–Crippen LogP) is 3.71. The van der Waals surface area contributed by atoms with E-state index in [1.54, 1.807) is 0 Å². The lowest BCUT2D eigenvalue weighted by molar-refractivity contribution is -0.376. The van der Waals surface area contributed by atoms with Gasteiger partial charge in [-0.1, -0.05) is 42.5 Å². The van der Waals surface area contributed by atoms with Crippen molar-refractivity contribution >= 4 is 22.7 Å². The summed E-state index contributed by atoms with van der Waals surface area (Å²) < 4.78 is 4.94. The summed E-state index contributed by atoms with van der Waals surface area (Å²) in [5.41, 5.74) is 6.78. The molecular weight excluding hydrogens is 404 g/mol. The second kappa shape index (κ2) is 7.02. The molecule has 0 aliphatic heterocycles. The van der Waals surface area contributed by atoms with E-state index in [0.717, 1.165) is 44.7 Å². The van der Waals surface area contributed by atoms with Gasteiger partial charge in [0.05, 0.1) is 17.9 Å². The van der Waals surface area contributed by atoms with E-state index in [9.17, 15) is 9.59 Å². The largest absolute Gasteiger partial charge is 0.472 e. The summed E-state index contributed by atoms with van der Waals surface area (Å²) >= 11 is 0. The molecule has 0 saturated carbocycles. The molecule has 32 heavy (non-hydrogen) atoms. The fourth-order valence-electron chi connectivity index (χ4n) is 4.35. The third-order valence-electron chi connectivity index (χ3n) is 5.80. The van der Waals surface area contributed by atoms with Gasteiger partial charge in [-0.2, -0.15) is 0 Å². The number of aromatic nitrogens is 3. The van der Waals surface area contributed by atoms with Gasteiger partial charge < -0.3 is 14.7 Å². The Morgan fingerprint density at radius 1 is 1.00 bits per heavy atom. The molecule has 0 fully saturated rings. The number of amides is 1. The van der Waals surface area contributed by atoms with Gasteiger partial charge in [0, 0.05) is 11.6 Å². The lowest BCUT2D eigenvalue weighted by Gasteiger charge is -2.15. The SMILES string of the molecule is O=C(NC1c2ccccc2-c2c(-c3nc4cc[nH+]cc4[nH]3)cccc21)C(=O)c1ccoc1. The van der Waals surface area contributed by atoms with E-state index in [1.165, 1.54) is 18.6 Å². The Labute approximate surface area is 182 Å². The number of carbonyl (C=O) groups excluding carboxylic acids is 2. The van der Waals surface area contributed by atoms with Crippen molar-refractivity contribution in [1.82, 2.24) is 15.3 Å². The molecule has 0 saturated heterocycles. The molecule has 7 nitrogen and oxygen atoms in total. The number of nitrogens with one attached hydrogen (secondary N) is 3. The number of aromatic amines is 2. The van der Waals surface area contributed by atoms with Crippen LogP contribution in [0.25, 0.3) is 33.5 Å². The zero-order valence-electron chi connectivity index (χ0n) is 16.8. The van der Waals surface area contributed by atoms with Crippen LogP contribution in [0.15, 0.2) is 83.9 Å². The lowest BCUT2D eigenvalue weighted by Crippen LogP contribution is -2.34. The predicted molar refractivity (Wildman–Crippen MR) is 117 cm³/mol. The average Bonchev–Trinajstić information content (AvgIpc) is 3.57. The van der Waals surface area contributed by atoms with E-state index in [-0.39, 0.29) is 5.56 Å². The maximum absolute atomic E-state index is 12.8. The molecule has 1 amide bonds. The molecule has 1 aliphatic carbocycles. The van der Waals surface area contributed by atoms with E-state index < -0.39 is 17.7 Å². The van der Waals surface area contributed by atoms with E-state index in [2.05, 4.69) is 15.3 Å². The molecule has 5 aromatic rings. The van der Waals surface area contributed by atoms with Crippen molar-refractivity contribution in [1.29, 1.82) is 0 Å². The molecule has 1 atom stereocenters. The van der Waals surface area contributed by atoms with Crippen LogP contribution in [0, 0.1) is 0 Å². The van der Waals surface area contributed by atoms with Gasteiger partial charge in [-0.15, -0.1) is 0 Å². The summed E-state index contributed by atoms with van der Waals surface area (Å²) in [5, 5.41) is 2.92. The summed E-state index contributed by atoms with van der Waals surface area (Å²) in [5.74, 6) is -0.564. The standard InChI is InChI=1S/C25H16N4O3/c30-23(14-9-11-32-13-14)25(31)29-22-16-5-2-1-4-15(16)21-17(22)6-3-7-18(21)24-27-19-8-10-26-12-20(19)28-24/h1-13,22H,(H,27,28)(H,29,31)/p+1. The molecule has 3 heterocycles. The number of benzene rings is 2. The minimum Gasteiger partial charge on any atom is -0.472 e. The summed E-state index contributed by atoms with van der Waals surface area (Å²) in [6, 6.07) is 16.8. The van der Waals surface area contributed by atoms with Crippen molar-refractivity contribution in [2.75, 3.05) is 0 Å². The highest BCUT2D eigenvalue weighted by molar-refractivity contribution is 6.42. The Balaban J connectivity index is 1.46. The first-order valence-electron chi connectivity index (χ1n) is 10.2. The van der Waals surface area contributed by atoms with Crippen LogP contribution in [-0.4, -0.2) is 21.7 Å². The molecule has 1 unspecified atom stereocenters. The molecule has 7 heteroatoms. The number of imidazole rings is 1. The third-order valence-corrected chi connectivity index (χ3v) is 5.80. The molecule has 2 aromatic carbocycles. The Bertz CT molecular complexity index is 1470. The van der Waals surface area contributed by atoms with Crippen molar-refractivity contribution in [2.24, 2.45) is 0 Å². The van der Waals surface area contributed by atoms with Gasteiger partial charge in [-0.05, 0) is 28.3 Å². The first kappa shape index (κ1) is 18.3. The Morgan fingerprint density at radius 2 is 1.84 bits per heavy atom. The second-order valence-electron chi connectivity index (χ2n) is 7.63. The van der Waals surface area contributed by atoms with E-state index in [1.807, 2.05) is 60.9 Å². The first-order valence-corrected chi connectivity index (χ1v) is 10.2. The maximum Gasteiger partial charge on any atom is 0.293 e. The van der Waals surface area contributed by atoms with Crippen LogP contribution in [0.2, 0.25) is 0 Å². The molecule has 0 bridgehead atoms. The van der Waals surface area contributed by atoms with Crippen LogP contribution in [0.1, 0.15) is 27.5 Å². The topological polar surface area (TPSA) is 102 Å². The molecule has 0 spiro atoms. The van der Waals surface area contributed by atoms with Crippen LogP contribution < -0.4 is 10.3 Å². The Hall–Kier alpha value is -4.52. The number of rotatable bonds is 4. The van der Waals surface area contributed by atoms with Crippen LogP contribution in [0.4, 0.5) is 0 Å². The Morgan fingerprint density at radius 3 is 2.69 bits per heavy atom. The highest BCUT2D eigenvalue weighted by atomic mass is 16.3.